The third-order valence-corrected chi connectivity index (χ3v) is 5.02. The highest BCUT2D eigenvalue weighted by Crippen LogP contribution is 2.20. The van der Waals surface area contributed by atoms with Crippen molar-refractivity contribution in [3.8, 4) is 5.69 Å². The van der Waals surface area contributed by atoms with Crippen LogP contribution in [0, 0.1) is 13.8 Å². The summed E-state index contributed by atoms with van der Waals surface area (Å²) in [5.41, 5.74) is 2.85. The van der Waals surface area contributed by atoms with Crippen molar-refractivity contribution in [2.45, 2.75) is 20.4 Å². The van der Waals surface area contributed by atoms with Crippen molar-refractivity contribution in [1.29, 1.82) is 0 Å². The van der Waals surface area contributed by atoms with Crippen molar-refractivity contribution >= 4 is 34.1 Å². The predicted molar refractivity (Wildman–Crippen MR) is 113 cm³/mol. The summed E-state index contributed by atoms with van der Waals surface area (Å²) in [4.78, 5) is 25.6. The second-order valence-corrected chi connectivity index (χ2v) is 7.12. The normalized spacial score (nSPS) is 11.0. The van der Waals surface area contributed by atoms with Crippen LogP contribution in [-0.2, 0) is 11.3 Å². The Hall–Kier alpha value is -3.45. The summed E-state index contributed by atoms with van der Waals surface area (Å²) in [6.45, 7) is 3.44. The summed E-state index contributed by atoms with van der Waals surface area (Å²) in [5.74, 6) is -0.371. The van der Waals surface area contributed by atoms with Gasteiger partial charge in [0.2, 0.25) is 5.91 Å². The van der Waals surface area contributed by atoms with E-state index in [9.17, 15) is 9.59 Å². The second kappa shape index (κ2) is 7.52. The molecule has 4 aromatic rings. The number of rotatable bonds is 4. The van der Waals surface area contributed by atoms with E-state index in [2.05, 4.69) is 15.5 Å². The molecule has 0 aliphatic heterocycles. The molecule has 0 saturated carbocycles. The Morgan fingerprint density at radius 2 is 1.90 bits per heavy atom. The van der Waals surface area contributed by atoms with E-state index in [4.69, 9.17) is 11.6 Å². The van der Waals surface area contributed by atoms with Gasteiger partial charge in [-0.2, -0.15) is 10.2 Å². The molecule has 2 heterocycles. The molecule has 0 atom stereocenters. The maximum atomic E-state index is 13.1. The van der Waals surface area contributed by atoms with Crippen LogP contribution in [0.1, 0.15) is 11.3 Å². The molecule has 0 bridgehead atoms. The zero-order valence-electron chi connectivity index (χ0n) is 15.9. The van der Waals surface area contributed by atoms with E-state index in [1.165, 1.54) is 0 Å². The number of halogens is 1. The SMILES string of the molecule is Cc1ccc(NC(=O)Cn2nc(C)c3cnn(-c4ccccc4)c3c2=O)cc1Cl. The van der Waals surface area contributed by atoms with Crippen LogP contribution < -0.4 is 10.9 Å². The van der Waals surface area contributed by atoms with Gasteiger partial charge in [-0.05, 0) is 43.7 Å². The molecule has 0 aliphatic carbocycles. The lowest BCUT2D eigenvalue weighted by Gasteiger charge is -2.10. The maximum Gasteiger partial charge on any atom is 0.293 e. The number of carbonyl (C=O) groups excluding carboxylic acids is 1. The van der Waals surface area contributed by atoms with Crippen LogP contribution in [0.15, 0.2) is 59.5 Å². The number of benzene rings is 2. The Morgan fingerprint density at radius 3 is 2.62 bits per heavy atom. The van der Waals surface area contributed by atoms with Gasteiger partial charge in [0, 0.05) is 16.1 Å². The van der Waals surface area contributed by atoms with Crippen molar-refractivity contribution in [3.63, 3.8) is 0 Å². The number of para-hydroxylation sites is 1. The molecular weight excluding hydrogens is 390 g/mol. The number of fused-ring (bicyclic) bond motifs is 1. The molecule has 7 nitrogen and oxygen atoms in total. The van der Waals surface area contributed by atoms with E-state index in [0.29, 0.717) is 27.3 Å². The Labute approximate surface area is 171 Å². The molecular formula is C21H18ClN5O2. The van der Waals surface area contributed by atoms with Gasteiger partial charge in [0.25, 0.3) is 5.56 Å². The van der Waals surface area contributed by atoms with E-state index < -0.39 is 0 Å². The number of carbonyl (C=O) groups is 1. The number of hydrogen-bond donors (Lipinski definition) is 1. The maximum absolute atomic E-state index is 13.1. The number of anilines is 1. The first-order valence-electron chi connectivity index (χ1n) is 9.01. The molecule has 29 heavy (non-hydrogen) atoms. The van der Waals surface area contributed by atoms with Gasteiger partial charge in [-0.15, -0.1) is 0 Å². The fourth-order valence-electron chi connectivity index (χ4n) is 3.10. The Morgan fingerprint density at radius 1 is 1.14 bits per heavy atom. The first-order chi connectivity index (χ1) is 13.9. The minimum Gasteiger partial charge on any atom is -0.324 e. The minimum absolute atomic E-state index is 0.221. The van der Waals surface area contributed by atoms with Crippen molar-refractivity contribution in [1.82, 2.24) is 19.6 Å². The topological polar surface area (TPSA) is 81.8 Å². The standard InChI is InChI=1S/C21H18ClN5O2/c1-13-8-9-15(10-18(13)22)24-19(28)12-26-21(29)20-17(14(2)25-26)11-23-27(20)16-6-4-3-5-7-16/h3-11H,12H2,1-2H3,(H,24,28). The van der Waals surface area contributed by atoms with Gasteiger partial charge in [0.05, 0.1) is 17.6 Å². The second-order valence-electron chi connectivity index (χ2n) is 6.71. The molecule has 0 aliphatic rings. The van der Waals surface area contributed by atoms with Gasteiger partial charge in [-0.25, -0.2) is 9.36 Å². The summed E-state index contributed by atoms with van der Waals surface area (Å²) in [7, 11) is 0. The Balaban J connectivity index is 1.69. The van der Waals surface area contributed by atoms with Crippen LogP contribution in [0.25, 0.3) is 16.6 Å². The van der Waals surface area contributed by atoms with Crippen molar-refractivity contribution in [2.75, 3.05) is 5.32 Å². The number of nitrogens with zero attached hydrogens (tertiary/aromatic N) is 4. The Bertz CT molecular complexity index is 1280. The van der Waals surface area contributed by atoms with Gasteiger partial charge < -0.3 is 5.32 Å². The highest BCUT2D eigenvalue weighted by atomic mass is 35.5. The highest BCUT2D eigenvalue weighted by Gasteiger charge is 2.16. The van der Waals surface area contributed by atoms with Crippen LogP contribution >= 0.6 is 11.6 Å². The van der Waals surface area contributed by atoms with Gasteiger partial charge in [0.15, 0.2) is 0 Å². The lowest BCUT2D eigenvalue weighted by Crippen LogP contribution is -2.31. The van der Waals surface area contributed by atoms with Gasteiger partial charge in [-0.3, -0.25) is 9.59 Å². The molecule has 0 radical (unpaired) electrons. The fraction of sp³-hybridized carbons (Fsp3) is 0.143. The van der Waals surface area contributed by atoms with Crippen LogP contribution in [-0.4, -0.2) is 25.5 Å². The zero-order chi connectivity index (χ0) is 20.5. The van der Waals surface area contributed by atoms with Crippen LogP contribution in [0.3, 0.4) is 0 Å². The Kier molecular flexibility index (Phi) is 4.90. The molecule has 2 aromatic carbocycles. The summed E-state index contributed by atoms with van der Waals surface area (Å²) in [6.07, 6.45) is 1.62. The number of nitrogens with one attached hydrogen (secondary N) is 1. The number of aromatic nitrogens is 4. The molecule has 0 unspecified atom stereocenters. The van der Waals surface area contributed by atoms with E-state index in [1.807, 2.05) is 43.3 Å². The first kappa shape index (κ1) is 18.9. The molecule has 0 saturated heterocycles. The van der Waals surface area contributed by atoms with Gasteiger partial charge in [-0.1, -0.05) is 35.9 Å². The van der Waals surface area contributed by atoms with Gasteiger partial charge >= 0.3 is 0 Å². The van der Waals surface area contributed by atoms with Crippen LogP contribution in [0.4, 0.5) is 5.69 Å². The molecule has 146 valence electrons. The van der Waals surface area contributed by atoms with Crippen LogP contribution in [0.5, 0.6) is 0 Å². The summed E-state index contributed by atoms with van der Waals surface area (Å²) in [6, 6.07) is 14.6. The number of aryl methyl sites for hydroxylation is 2. The molecule has 4 rings (SSSR count). The lowest BCUT2D eigenvalue weighted by molar-refractivity contribution is -0.117. The highest BCUT2D eigenvalue weighted by molar-refractivity contribution is 6.31. The largest absolute Gasteiger partial charge is 0.324 e. The fourth-order valence-corrected chi connectivity index (χ4v) is 3.28. The van der Waals surface area contributed by atoms with Crippen molar-refractivity contribution in [2.24, 2.45) is 0 Å². The number of hydrogen-bond acceptors (Lipinski definition) is 4. The van der Waals surface area contributed by atoms with Crippen LogP contribution in [0.2, 0.25) is 5.02 Å². The van der Waals surface area contributed by atoms with E-state index in [1.54, 1.807) is 29.9 Å². The smallest absolute Gasteiger partial charge is 0.293 e. The predicted octanol–water partition coefficient (Wildman–Crippen LogP) is 3.49. The average Bonchev–Trinajstić information content (AvgIpc) is 3.15. The summed E-state index contributed by atoms with van der Waals surface area (Å²) >= 11 is 6.10. The summed E-state index contributed by atoms with van der Waals surface area (Å²) < 4.78 is 2.73. The molecule has 1 N–H and O–H groups in total. The first-order valence-corrected chi connectivity index (χ1v) is 9.38. The zero-order valence-corrected chi connectivity index (χ0v) is 16.6. The van der Waals surface area contributed by atoms with Gasteiger partial charge in [0.1, 0.15) is 12.1 Å². The quantitative estimate of drug-likeness (QED) is 0.561. The molecule has 0 fully saturated rings. The molecule has 1 amide bonds. The van der Waals surface area contributed by atoms with E-state index >= 15 is 0 Å². The third kappa shape index (κ3) is 3.64. The molecule has 8 heteroatoms. The average molecular weight is 408 g/mol. The third-order valence-electron chi connectivity index (χ3n) is 4.62. The van der Waals surface area contributed by atoms with Crippen molar-refractivity contribution in [3.05, 3.63) is 81.4 Å². The number of amides is 1. The minimum atomic E-state index is -0.385. The summed E-state index contributed by atoms with van der Waals surface area (Å²) in [5, 5.41) is 12.6. The monoisotopic (exact) mass is 407 g/mol. The molecule has 2 aromatic heterocycles. The lowest BCUT2D eigenvalue weighted by atomic mass is 10.2. The van der Waals surface area contributed by atoms with E-state index in [0.717, 1.165) is 15.9 Å². The molecule has 0 spiro atoms. The van der Waals surface area contributed by atoms with Crippen molar-refractivity contribution < 1.29 is 4.79 Å². The van der Waals surface area contributed by atoms with E-state index in [-0.39, 0.29) is 18.0 Å².